The first-order valence-electron chi connectivity index (χ1n) is 30.1. The van der Waals surface area contributed by atoms with Crippen molar-refractivity contribution in [2.45, 2.75) is 224 Å². The molecule has 3 aromatic rings. The number of amides is 1. The quantitative estimate of drug-likeness (QED) is 0.0347. The van der Waals surface area contributed by atoms with E-state index in [9.17, 15) is 60.3 Å². The van der Waals surface area contributed by atoms with Crippen molar-refractivity contribution in [2.75, 3.05) is 33.9 Å². The Bertz CT molecular complexity index is 2480. The van der Waals surface area contributed by atoms with Gasteiger partial charge >= 0.3 is 39.0 Å². The van der Waals surface area contributed by atoms with Gasteiger partial charge in [-0.05, 0) is 137 Å². The fourth-order valence-corrected chi connectivity index (χ4v) is 17.1. The molecule has 3 aliphatic rings. The maximum absolute atomic E-state index is 14.7. The van der Waals surface area contributed by atoms with Crippen LogP contribution in [-0.2, 0) is 38.0 Å². The number of carbonyl (C=O) groups excluding carboxylic acids is 2. The van der Waals surface area contributed by atoms with Crippen molar-refractivity contribution in [2.24, 2.45) is 17.8 Å². The minimum absolute atomic E-state index is 0.0586. The number of esters is 1. The summed E-state index contributed by atoms with van der Waals surface area (Å²) in [5.41, 5.74) is -3.73. The molecule has 490 valence electrons. The van der Waals surface area contributed by atoms with Gasteiger partial charge in [0.1, 0.15) is 47.9 Å². The standard InChI is InChI=1S/C62H97N3O13P.F6P/c1-14-49-62(10,72)55(68)44(6)65(51(66)33-24-16-15-17-27-35-79(46-28-20-18-21-29-46,47-30-22-19-23-31-47)50-32-25-26-34-63-50)39-40(2)37-60(8,71)57(78-59-53(67)48(64(11)12)36-41(3)74-59)42(4)54(43(5)58(70)76-49)77-52-38-61(9,73-13)56(69)45(7)75-52;1-7(2,3,4,5)6/h18-23,25-26,28-32,34,40-45,48-49,52-57,59,67-69,71-72H,14-17,24,27,33,35-39H2,1-13H3;/q+1;-1/t40-,41-,42+,43-,44-,45+,48+,49-,52+,53-,54+,55-,56+,57-,59+,60-,61-,62-;/m1./s1. The third-order valence-corrected chi connectivity index (χ3v) is 21.9. The Morgan fingerprint density at radius 3 is 1.88 bits per heavy atom. The summed E-state index contributed by atoms with van der Waals surface area (Å²) >= 11 is 0. The number of cyclic esters (lactones) is 1. The number of halogens is 6. The average molecular weight is 1270 g/mol. The van der Waals surface area contributed by atoms with E-state index in [1.54, 1.807) is 53.4 Å². The van der Waals surface area contributed by atoms with Gasteiger partial charge < -0.3 is 63.8 Å². The van der Waals surface area contributed by atoms with Gasteiger partial charge in [-0.3, -0.25) is 9.59 Å². The van der Waals surface area contributed by atoms with Gasteiger partial charge in [-0.2, -0.15) is 0 Å². The molecule has 2 aromatic carbocycles. The number of methoxy groups -OCH3 is 1. The maximum atomic E-state index is 14.7. The summed E-state index contributed by atoms with van der Waals surface area (Å²) in [6.07, 6.45) is -2.36. The molecule has 24 heteroatoms. The molecule has 0 aliphatic carbocycles. The van der Waals surface area contributed by atoms with Crippen LogP contribution in [0, 0.1) is 17.8 Å². The Morgan fingerprint density at radius 2 is 1.35 bits per heavy atom. The van der Waals surface area contributed by atoms with E-state index in [0.29, 0.717) is 12.8 Å². The molecule has 0 bridgehead atoms. The molecular formula is C62H97F6N3O13P2. The molecule has 0 radical (unpaired) electrons. The van der Waals surface area contributed by atoms with Gasteiger partial charge in [0.25, 0.3) is 0 Å². The van der Waals surface area contributed by atoms with Crippen LogP contribution >= 0.6 is 15.1 Å². The van der Waals surface area contributed by atoms with Crippen molar-refractivity contribution >= 4 is 43.0 Å². The summed E-state index contributed by atoms with van der Waals surface area (Å²) in [7, 11) is -7.48. The average Bonchev–Trinajstić information content (AvgIpc) is 1.69. The Labute approximate surface area is 505 Å². The zero-order valence-electron chi connectivity index (χ0n) is 52.2. The minimum atomic E-state index is -10.7. The SMILES string of the molecule is CC[C@H]1OC(=O)[C@H](C)[C@@H](O[C@H]2C[C@@](C)(OC)[C@@H](O)[C@H](C)O2)[C@H](C)[C@@H](O[C@@H]2O[C@H](C)C[C@H](N(C)C)[C@H]2O)[C@](C)(O)C[C@@H](C)CN(C(=O)CCCCCCC[P+](c2ccccc2)(c2ccccc2)c2ccccn2)[C@H](C)[C@@H](O)[C@]1(C)O.F[P-](F)(F)(F)(F)F. The number of nitrogens with zero attached hydrogens (tertiary/aromatic N) is 3. The second-order valence-corrected chi connectivity index (χ2v) is 30.6. The first-order valence-corrected chi connectivity index (χ1v) is 34.1. The van der Waals surface area contributed by atoms with Crippen LogP contribution in [0.2, 0.25) is 0 Å². The number of hydrogen-bond donors (Lipinski definition) is 5. The van der Waals surface area contributed by atoms with Crippen molar-refractivity contribution < 1.29 is 88.7 Å². The number of aromatic nitrogens is 1. The number of likely N-dealkylation sites (N-methyl/N-ethyl adjacent to an activating group) is 1. The molecule has 6 rings (SSSR count). The van der Waals surface area contributed by atoms with Gasteiger partial charge in [-0.1, -0.05) is 76.1 Å². The number of benzene rings is 2. The molecule has 4 heterocycles. The monoisotopic (exact) mass is 1270 g/mol. The van der Waals surface area contributed by atoms with E-state index in [2.05, 4.69) is 72.8 Å². The second-order valence-electron chi connectivity index (χ2n) is 25.1. The molecule has 0 unspecified atom stereocenters. The summed E-state index contributed by atoms with van der Waals surface area (Å²) in [4.78, 5) is 37.9. The Balaban J connectivity index is 0.00000181. The van der Waals surface area contributed by atoms with Gasteiger partial charge in [0.15, 0.2) is 18.0 Å². The molecule has 3 fully saturated rings. The van der Waals surface area contributed by atoms with Crippen molar-refractivity contribution in [3.63, 3.8) is 0 Å². The fourth-order valence-electron chi connectivity index (χ4n) is 12.9. The molecule has 86 heavy (non-hydrogen) atoms. The predicted molar refractivity (Wildman–Crippen MR) is 322 cm³/mol. The van der Waals surface area contributed by atoms with Crippen molar-refractivity contribution in [1.29, 1.82) is 0 Å². The molecule has 5 N–H and O–H groups in total. The van der Waals surface area contributed by atoms with Crippen LogP contribution in [0.1, 0.15) is 133 Å². The number of rotatable bonds is 18. The molecule has 3 aliphatic heterocycles. The van der Waals surface area contributed by atoms with E-state index in [4.69, 9.17) is 33.4 Å². The first-order chi connectivity index (χ1) is 39.8. The van der Waals surface area contributed by atoms with Gasteiger partial charge in [0.05, 0.1) is 53.7 Å². The molecule has 3 saturated heterocycles. The Kier molecular flexibility index (Phi) is 24.9. The number of unbranched alkanes of at least 4 members (excludes halogenated alkanes) is 4. The van der Waals surface area contributed by atoms with Crippen molar-refractivity contribution in [3.8, 4) is 0 Å². The number of ether oxygens (including phenoxy) is 6. The van der Waals surface area contributed by atoms with E-state index >= 15 is 0 Å². The molecule has 16 nitrogen and oxygen atoms in total. The van der Waals surface area contributed by atoms with Gasteiger partial charge in [-0.25, -0.2) is 4.98 Å². The van der Waals surface area contributed by atoms with E-state index in [-0.39, 0.29) is 50.3 Å². The van der Waals surface area contributed by atoms with Crippen LogP contribution in [0.4, 0.5) is 25.2 Å². The van der Waals surface area contributed by atoms with Crippen LogP contribution in [-0.4, -0.2) is 176 Å². The van der Waals surface area contributed by atoms with Gasteiger partial charge in [0, 0.05) is 50.7 Å². The van der Waals surface area contributed by atoms with E-state index in [0.717, 1.165) is 37.3 Å². The number of aliphatic hydroxyl groups is 5. The molecule has 0 spiro atoms. The zero-order chi connectivity index (χ0) is 64.4. The van der Waals surface area contributed by atoms with Gasteiger partial charge in [-0.15, -0.1) is 0 Å². The molecular weight excluding hydrogens is 1170 g/mol. The summed E-state index contributed by atoms with van der Waals surface area (Å²) in [5, 5.41) is 63.2. The number of aliphatic hydroxyl groups excluding tert-OH is 3. The number of carbonyl (C=O) groups is 2. The predicted octanol–water partition coefficient (Wildman–Crippen LogP) is 9.91. The topological polar surface area (TPSA) is 210 Å². The number of hydrogen-bond acceptors (Lipinski definition) is 15. The van der Waals surface area contributed by atoms with Crippen LogP contribution in [0.5, 0.6) is 0 Å². The summed E-state index contributed by atoms with van der Waals surface area (Å²) in [6, 6.07) is 26.4. The van der Waals surface area contributed by atoms with Crippen LogP contribution in [0.3, 0.4) is 0 Å². The van der Waals surface area contributed by atoms with Crippen LogP contribution in [0.15, 0.2) is 85.1 Å². The van der Waals surface area contributed by atoms with E-state index < -0.39 is 117 Å². The van der Waals surface area contributed by atoms with Crippen LogP contribution in [0.25, 0.3) is 0 Å². The van der Waals surface area contributed by atoms with E-state index in [1.165, 1.54) is 24.6 Å². The fraction of sp³-hybridized carbons (Fsp3) is 0.694. The first kappa shape index (κ1) is 73.3. The third kappa shape index (κ3) is 19.8. The third-order valence-electron chi connectivity index (χ3n) is 17.6. The summed E-state index contributed by atoms with van der Waals surface area (Å²) < 4.78 is 97.5. The molecule has 1 aromatic heterocycles. The Hall–Kier alpha value is -3.47. The van der Waals surface area contributed by atoms with Crippen LogP contribution < -0.4 is 16.0 Å². The number of pyridine rings is 1. The summed E-state index contributed by atoms with van der Waals surface area (Å²) in [5.74, 6) is -3.34. The summed E-state index contributed by atoms with van der Waals surface area (Å²) in [6.45, 7) is 17.4. The molecule has 1 amide bonds. The Morgan fingerprint density at radius 1 is 0.791 bits per heavy atom. The molecule has 18 atom stereocenters. The van der Waals surface area contributed by atoms with E-state index in [1.807, 2.05) is 45.1 Å². The second kappa shape index (κ2) is 29.2. The zero-order valence-corrected chi connectivity index (χ0v) is 54.0. The van der Waals surface area contributed by atoms with Gasteiger partial charge in [0.2, 0.25) is 5.91 Å². The van der Waals surface area contributed by atoms with Crippen molar-refractivity contribution in [1.82, 2.24) is 14.8 Å². The normalized spacial score (nSPS) is 35.4. The molecule has 0 saturated carbocycles. The van der Waals surface area contributed by atoms with Crippen molar-refractivity contribution in [3.05, 3.63) is 85.1 Å².